The predicted octanol–water partition coefficient (Wildman–Crippen LogP) is 2.30. The number of hydrogen-bond donors (Lipinski definition) is 0. The average molecular weight is 367 g/mol. The van der Waals surface area contributed by atoms with E-state index in [4.69, 9.17) is 9.47 Å². The number of pyridine rings is 1. The van der Waals surface area contributed by atoms with Crippen molar-refractivity contribution in [3.63, 3.8) is 0 Å². The van der Waals surface area contributed by atoms with Crippen molar-refractivity contribution >= 4 is 5.91 Å². The van der Waals surface area contributed by atoms with Gasteiger partial charge >= 0.3 is 0 Å². The zero-order valence-corrected chi connectivity index (χ0v) is 15.6. The largest absolute Gasteiger partial charge is 0.486 e. The van der Waals surface area contributed by atoms with Crippen molar-refractivity contribution in [1.82, 2.24) is 14.8 Å². The van der Waals surface area contributed by atoms with Gasteiger partial charge in [-0.15, -0.1) is 0 Å². The van der Waals surface area contributed by atoms with Crippen molar-refractivity contribution in [2.24, 2.45) is 0 Å². The van der Waals surface area contributed by atoms with E-state index in [1.165, 1.54) is 5.56 Å². The summed E-state index contributed by atoms with van der Waals surface area (Å²) < 4.78 is 11.2. The number of rotatable bonds is 4. The Kier molecular flexibility index (Phi) is 5.25. The lowest BCUT2D eigenvalue weighted by atomic mass is 10.1. The van der Waals surface area contributed by atoms with E-state index in [1.807, 2.05) is 35.4 Å². The Morgan fingerprint density at radius 3 is 2.63 bits per heavy atom. The number of nitrogens with zero attached hydrogens (tertiary/aromatic N) is 3. The molecule has 0 aliphatic carbocycles. The molecule has 142 valence electrons. The summed E-state index contributed by atoms with van der Waals surface area (Å²) in [5.74, 6) is 1.66. The Bertz CT molecular complexity index is 789. The molecule has 1 fully saturated rings. The molecule has 2 aliphatic heterocycles. The molecule has 1 saturated heterocycles. The summed E-state index contributed by atoms with van der Waals surface area (Å²) in [4.78, 5) is 21.3. The van der Waals surface area contributed by atoms with Crippen LogP contribution < -0.4 is 9.47 Å². The highest BCUT2D eigenvalue weighted by Gasteiger charge is 2.25. The molecule has 1 atom stereocenters. The number of fused-ring (bicyclic) bond motifs is 1. The Morgan fingerprint density at radius 1 is 1.11 bits per heavy atom. The summed E-state index contributed by atoms with van der Waals surface area (Å²) in [5, 5.41) is 0. The van der Waals surface area contributed by atoms with Crippen molar-refractivity contribution < 1.29 is 14.3 Å². The van der Waals surface area contributed by atoms with Gasteiger partial charge in [0.05, 0.1) is 6.42 Å². The summed E-state index contributed by atoms with van der Waals surface area (Å²) in [7, 11) is 0. The van der Waals surface area contributed by atoms with Crippen molar-refractivity contribution in [2.45, 2.75) is 19.4 Å². The van der Waals surface area contributed by atoms with Crippen LogP contribution in [0.25, 0.3) is 0 Å². The molecule has 4 rings (SSSR count). The van der Waals surface area contributed by atoms with E-state index in [-0.39, 0.29) is 5.91 Å². The molecule has 1 unspecified atom stereocenters. The maximum atomic E-state index is 12.7. The highest BCUT2D eigenvalue weighted by molar-refractivity contribution is 5.79. The molecule has 0 saturated carbocycles. The third kappa shape index (κ3) is 4.06. The summed E-state index contributed by atoms with van der Waals surface area (Å²) in [6.45, 7) is 6.60. The van der Waals surface area contributed by atoms with E-state index >= 15 is 0 Å². The third-order valence-electron chi connectivity index (χ3n) is 5.34. The molecule has 0 N–H and O–H groups in total. The molecule has 0 bridgehead atoms. The Hall–Kier alpha value is -2.60. The van der Waals surface area contributed by atoms with Gasteiger partial charge in [0.1, 0.15) is 13.2 Å². The van der Waals surface area contributed by atoms with Crippen molar-refractivity contribution in [3.8, 4) is 11.5 Å². The number of carbonyl (C=O) groups excluding carboxylic acids is 1. The van der Waals surface area contributed by atoms with Gasteiger partial charge in [-0.1, -0.05) is 12.1 Å². The van der Waals surface area contributed by atoms with Crippen LogP contribution in [-0.4, -0.2) is 60.1 Å². The van der Waals surface area contributed by atoms with Gasteiger partial charge in [0, 0.05) is 44.6 Å². The standard InChI is InChI=1S/C21H25N3O3/c1-16(18-3-2-6-22-15-18)23-7-9-24(10-8-23)21(25)14-17-4-5-19-20(13-17)27-12-11-26-19/h2-6,13,15-16H,7-12,14H2,1H3. The minimum atomic E-state index is 0.167. The van der Waals surface area contributed by atoms with Gasteiger partial charge in [-0.05, 0) is 36.2 Å². The molecule has 6 nitrogen and oxygen atoms in total. The van der Waals surface area contributed by atoms with E-state index in [1.54, 1.807) is 6.20 Å². The average Bonchev–Trinajstić information content (AvgIpc) is 2.74. The van der Waals surface area contributed by atoms with E-state index in [0.29, 0.717) is 25.7 Å². The van der Waals surface area contributed by atoms with Crippen LogP contribution in [0, 0.1) is 0 Å². The van der Waals surface area contributed by atoms with Crippen LogP contribution in [0.1, 0.15) is 24.1 Å². The van der Waals surface area contributed by atoms with Crippen molar-refractivity contribution in [1.29, 1.82) is 0 Å². The molecule has 27 heavy (non-hydrogen) atoms. The highest BCUT2D eigenvalue weighted by Crippen LogP contribution is 2.31. The lowest BCUT2D eigenvalue weighted by molar-refractivity contribution is -0.132. The minimum absolute atomic E-state index is 0.167. The first-order valence-electron chi connectivity index (χ1n) is 9.51. The Labute approximate surface area is 159 Å². The molecule has 1 aromatic heterocycles. The fourth-order valence-electron chi connectivity index (χ4n) is 3.68. The van der Waals surface area contributed by atoms with Crippen LogP contribution in [0.3, 0.4) is 0 Å². The smallest absolute Gasteiger partial charge is 0.227 e. The number of benzene rings is 1. The first-order chi connectivity index (χ1) is 13.2. The Morgan fingerprint density at radius 2 is 1.89 bits per heavy atom. The van der Waals surface area contributed by atoms with Crippen LogP contribution in [0.4, 0.5) is 0 Å². The van der Waals surface area contributed by atoms with Crippen molar-refractivity contribution in [3.05, 3.63) is 53.9 Å². The summed E-state index contributed by atoms with van der Waals surface area (Å²) in [6, 6.07) is 10.2. The maximum Gasteiger partial charge on any atom is 0.227 e. The molecular formula is C21H25N3O3. The second-order valence-corrected chi connectivity index (χ2v) is 7.03. The number of aromatic nitrogens is 1. The maximum absolute atomic E-state index is 12.7. The van der Waals surface area contributed by atoms with Crippen molar-refractivity contribution in [2.75, 3.05) is 39.4 Å². The minimum Gasteiger partial charge on any atom is -0.486 e. The number of hydrogen-bond acceptors (Lipinski definition) is 5. The van der Waals surface area contributed by atoms with Gasteiger partial charge in [0.2, 0.25) is 5.91 Å². The molecule has 1 aromatic carbocycles. The summed E-state index contributed by atoms with van der Waals surface area (Å²) in [5.41, 5.74) is 2.18. The quantitative estimate of drug-likeness (QED) is 0.830. The van der Waals surface area contributed by atoms with Gasteiger partial charge in [-0.3, -0.25) is 14.7 Å². The highest BCUT2D eigenvalue weighted by atomic mass is 16.6. The molecule has 0 radical (unpaired) electrons. The van der Waals surface area contributed by atoms with E-state index in [9.17, 15) is 4.79 Å². The van der Waals surface area contributed by atoms with Gasteiger partial charge < -0.3 is 14.4 Å². The predicted molar refractivity (Wildman–Crippen MR) is 102 cm³/mol. The second-order valence-electron chi connectivity index (χ2n) is 7.03. The van der Waals surface area contributed by atoms with Crippen LogP contribution in [0.15, 0.2) is 42.7 Å². The molecule has 6 heteroatoms. The van der Waals surface area contributed by atoms with Gasteiger partial charge in [-0.2, -0.15) is 0 Å². The Balaban J connectivity index is 1.32. The lowest BCUT2D eigenvalue weighted by Gasteiger charge is -2.38. The topological polar surface area (TPSA) is 54.9 Å². The molecule has 2 aliphatic rings. The van der Waals surface area contributed by atoms with E-state index in [2.05, 4.69) is 22.9 Å². The summed E-state index contributed by atoms with van der Waals surface area (Å²) in [6.07, 6.45) is 4.11. The second kappa shape index (κ2) is 7.96. The van der Waals surface area contributed by atoms with Crippen LogP contribution in [0.2, 0.25) is 0 Å². The SMILES string of the molecule is CC(c1cccnc1)N1CCN(C(=O)Cc2ccc3c(c2)OCCO3)CC1. The number of ether oxygens (including phenoxy) is 2. The van der Waals surface area contributed by atoms with Crippen LogP contribution in [-0.2, 0) is 11.2 Å². The molecule has 0 spiro atoms. The molecule has 2 aromatic rings. The number of carbonyl (C=O) groups is 1. The molecule has 3 heterocycles. The lowest BCUT2D eigenvalue weighted by Crippen LogP contribution is -2.49. The number of amides is 1. The first kappa shape index (κ1) is 17.8. The normalized spacial score (nSPS) is 18.2. The number of piperazine rings is 1. The zero-order chi connectivity index (χ0) is 18.6. The van der Waals surface area contributed by atoms with Gasteiger partial charge in [0.15, 0.2) is 11.5 Å². The van der Waals surface area contributed by atoms with Gasteiger partial charge in [0.25, 0.3) is 0 Å². The molecular weight excluding hydrogens is 342 g/mol. The monoisotopic (exact) mass is 367 g/mol. The van der Waals surface area contributed by atoms with Crippen LogP contribution >= 0.6 is 0 Å². The van der Waals surface area contributed by atoms with Crippen LogP contribution in [0.5, 0.6) is 11.5 Å². The third-order valence-corrected chi connectivity index (χ3v) is 5.34. The van der Waals surface area contributed by atoms with Gasteiger partial charge in [-0.25, -0.2) is 0 Å². The summed E-state index contributed by atoms with van der Waals surface area (Å²) >= 11 is 0. The fraction of sp³-hybridized carbons (Fsp3) is 0.429. The first-order valence-corrected chi connectivity index (χ1v) is 9.51. The van der Waals surface area contributed by atoms with E-state index < -0.39 is 0 Å². The molecule has 1 amide bonds. The fourth-order valence-corrected chi connectivity index (χ4v) is 3.68. The van der Waals surface area contributed by atoms with E-state index in [0.717, 1.165) is 43.2 Å². The zero-order valence-electron chi connectivity index (χ0n) is 15.6.